The second-order valence-electron chi connectivity index (χ2n) is 8.27. The molecule has 0 N–H and O–H groups in total. The molecule has 2 bridgehead atoms. The second-order valence-corrected chi connectivity index (χ2v) is 8.27. The van der Waals surface area contributed by atoms with E-state index >= 15 is 0 Å². The molecule has 3 aromatic carbocycles. The van der Waals surface area contributed by atoms with Gasteiger partial charge in [-0.25, -0.2) is 0 Å². The summed E-state index contributed by atoms with van der Waals surface area (Å²) in [5.74, 6) is 2.76. The Bertz CT molecular complexity index is 875. The number of rotatable bonds is 4. The first kappa shape index (κ1) is 15.9. The lowest BCUT2D eigenvalue weighted by Crippen LogP contribution is -2.08. The maximum absolute atomic E-state index is 2.46. The average Bonchev–Trinajstić information content (AvgIpc) is 3.33. The van der Waals surface area contributed by atoms with Gasteiger partial charge < -0.3 is 0 Å². The van der Waals surface area contributed by atoms with Crippen LogP contribution in [-0.2, 0) is 6.42 Å². The van der Waals surface area contributed by atoms with Crippen LogP contribution in [-0.4, -0.2) is 0 Å². The van der Waals surface area contributed by atoms with E-state index in [1.54, 1.807) is 5.56 Å². The summed E-state index contributed by atoms with van der Waals surface area (Å²) in [5, 5.41) is 0. The van der Waals surface area contributed by atoms with Crippen molar-refractivity contribution < 1.29 is 0 Å². The molecule has 0 aliphatic heterocycles. The van der Waals surface area contributed by atoms with E-state index in [1.165, 1.54) is 47.9 Å². The van der Waals surface area contributed by atoms with Crippen molar-refractivity contribution in [2.75, 3.05) is 0 Å². The van der Waals surface area contributed by atoms with Crippen molar-refractivity contribution >= 4 is 0 Å². The number of fused-ring (bicyclic) bond motifs is 2. The molecule has 3 unspecified atom stereocenters. The van der Waals surface area contributed by atoms with E-state index in [0.717, 1.165) is 24.2 Å². The molecule has 2 saturated carbocycles. The lowest BCUT2D eigenvalue weighted by molar-refractivity contribution is 0.420. The van der Waals surface area contributed by atoms with E-state index in [1.807, 2.05) is 0 Å². The Morgan fingerprint density at radius 1 is 0.654 bits per heavy atom. The summed E-state index contributed by atoms with van der Waals surface area (Å²) < 4.78 is 0. The van der Waals surface area contributed by atoms with Crippen LogP contribution in [0.25, 0.3) is 11.1 Å². The highest BCUT2D eigenvalue weighted by molar-refractivity contribution is 5.65. The van der Waals surface area contributed by atoms with Crippen LogP contribution in [0.5, 0.6) is 0 Å². The molecular weight excluding hydrogens is 312 g/mol. The zero-order valence-electron chi connectivity index (χ0n) is 15.3. The van der Waals surface area contributed by atoms with Crippen molar-refractivity contribution in [3.8, 4) is 11.1 Å². The van der Waals surface area contributed by atoms with Crippen molar-refractivity contribution in [1.29, 1.82) is 0 Å². The van der Waals surface area contributed by atoms with E-state index in [4.69, 9.17) is 0 Å². The summed E-state index contributed by atoms with van der Waals surface area (Å²) >= 11 is 0. The topological polar surface area (TPSA) is 0 Å². The van der Waals surface area contributed by atoms with E-state index in [0.29, 0.717) is 0 Å². The van der Waals surface area contributed by atoms with E-state index < -0.39 is 0 Å². The minimum absolute atomic E-state index is 0.811. The SMILES string of the molecule is c1ccc(Cc2ccc(-c3cccc(C4CC5CCC4C5)c3)cc2)cc1. The van der Waals surface area contributed by atoms with Crippen LogP contribution in [0.2, 0.25) is 0 Å². The highest BCUT2D eigenvalue weighted by atomic mass is 14.4. The fraction of sp³-hybridized carbons (Fsp3) is 0.308. The summed E-state index contributed by atoms with van der Waals surface area (Å²) in [4.78, 5) is 0. The van der Waals surface area contributed by atoms with Crippen LogP contribution in [0, 0.1) is 11.8 Å². The Labute approximate surface area is 156 Å². The molecule has 2 aliphatic carbocycles. The molecule has 0 spiro atoms. The van der Waals surface area contributed by atoms with Crippen molar-refractivity contribution in [2.24, 2.45) is 11.8 Å². The molecule has 0 heteroatoms. The minimum atomic E-state index is 0.811. The fourth-order valence-corrected chi connectivity index (χ4v) is 5.25. The van der Waals surface area contributed by atoms with Crippen molar-refractivity contribution in [3.05, 3.63) is 95.6 Å². The lowest BCUT2D eigenvalue weighted by atomic mass is 9.82. The van der Waals surface area contributed by atoms with Crippen LogP contribution in [0.3, 0.4) is 0 Å². The first-order valence-corrected chi connectivity index (χ1v) is 10.1. The van der Waals surface area contributed by atoms with Crippen molar-refractivity contribution in [3.63, 3.8) is 0 Å². The van der Waals surface area contributed by atoms with Gasteiger partial charge in [0.25, 0.3) is 0 Å². The zero-order valence-corrected chi connectivity index (χ0v) is 15.3. The van der Waals surface area contributed by atoms with Crippen LogP contribution < -0.4 is 0 Å². The molecule has 3 aromatic rings. The van der Waals surface area contributed by atoms with Gasteiger partial charge in [0.2, 0.25) is 0 Å². The molecule has 0 heterocycles. The molecule has 2 aliphatic rings. The van der Waals surface area contributed by atoms with E-state index in [9.17, 15) is 0 Å². The van der Waals surface area contributed by atoms with Crippen LogP contribution in [0.4, 0.5) is 0 Å². The fourth-order valence-electron chi connectivity index (χ4n) is 5.25. The van der Waals surface area contributed by atoms with Gasteiger partial charge in [-0.05, 0) is 71.3 Å². The Morgan fingerprint density at radius 3 is 2.19 bits per heavy atom. The lowest BCUT2D eigenvalue weighted by Gasteiger charge is -2.22. The summed E-state index contributed by atoms with van der Waals surface area (Å²) in [7, 11) is 0. The highest BCUT2D eigenvalue weighted by Gasteiger charge is 2.40. The molecule has 0 nitrogen and oxygen atoms in total. The van der Waals surface area contributed by atoms with Gasteiger partial charge in [0.05, 0.1) is 0 Å². The van der Waals surface area contributed by atoms with Crippen LogP contribution in [0.15, 0.2) is 78.9 Å². The van der Waals surface area contributed by atoms with Crippen molar-refractivity contribution in [1.82, 2.24) is 0 Å². The van der Waals surface area contributed by atoms with Crippen molar-refractivity contribution in [2.45, 2.75) is 38.0 Å². The highest BCUT2D eigenvalue weighted by Crippen LogP contribution is 2.53. The van der Waals surface area contributed by atoms with Gasteiger partial charge in [0.15, 0.2) is 0 Å². The van der Waals surface area contributed by atoms with Crippen LogP contribution in [0.1, 0.15) is 48.3 Å². The summed E-state index contributed by atoms with van der Waals surface area (Å²) in [6, 6.07) is 29.2. The molecule has 2 fully saturated rings. The first-order chi connectivity index (χ1) is 12.8. The minimum Gasteiger partial charge on any atom is -0.0622 e. The number of benzene rings is 3. The molecule has 0 radical (unpaired) electrons. The van der Waals surface area contributed by atoms with Gasteiger partial charge in [-0.2, -0.15) is 0 Å². The zero-order chi connectivity index (χ0) is 17.3. The Hall–Kier alpha value is -2.34. The normalized spacial score (nSPS) is 24.1. The van der Waals surface area contributed by atoms with E-state index in [-0.39, 0.29) is 0 Å². The molecular formula is C26H26. The van der Waals surface area contributed by atoms with E-state index in [2.05, 4.69) is 78.9 Å². The quantitative estimate of drug-likeness (QED) is 0.488. The maximum Gasteiger partial charge on any atom is -0.00258 e. The molecule has 26 heavy (non-hydrogen) atoms. The summed E-state index contributed by atoms with van der Waals surface area (Å²) in [5.41, 5.74) is 7.04. The standard InChI is InChI=1S/C26H26/c1-2-5-19(6-3-1)15-20-9-12-22(13-10-20)23-7-4-8-24(18-23)26-17-21-11-14-25(26)16-21/h1-10,12-13,18,21,25-26H,11,14-17H2. The Kier molecular flexibility index (Phi) is 4.13. The molecule has 0 aromatic heterocycles. The Morgan fingerprint density at radius 2 is 1.46 bits per heavy atom. The third kappa shape index (κ3) is 3.09. The Balaban J connectivity index is 1.36. The third-order valence-corrected chi connectivity index (χ3v) is 6.59. The molecule has 5 rings (SSSR count). The van der Waals surface area contributed by atoms with Gasteiger partial charge in [0.1, 0.15) is 0 Å². The second kappa shape index (κ2) is 6.76. The maximum atomic E-state index is 2.46. The van der Waals surface area contributed by atoms with Gasteiger partial charge in [-0.15, -0.1) is 0 Å². The summed E-state index contributed by atoms with van der Waals surface area (Å²) in [6.07, 6.45) is 6.83. The smallest absolute Gasteiger partial charge is 0.00258 e. The predicted octanol–water partition coefficient (Wildman–Crippen LogP) is 6.85. The summed E-state index contributed by atoms with van der Waals surface area (Å²) in [6.45, 7) is 0. The molecule has 0 amide bonds. The van der Waals surface area contributed by atoms with Gasteiger partial charge >= 0.3 is 0 Å². The molecule has 3 atom stereocenters. The number of hydrogen-bond donors (Lipinski definition) is 0. The predicted molar refractivity (Wildman–Crippen MR) is 109 cm³/mol. The average molecular weight is 338 g/mol. The molecule has 130 valence electrons. The largest absolute Gasteiger partial charge is 0.0622 e. The third-order valence-electron chi connectivity index (χ3n) is 6.59. The van der Waals surface area contributed by atoms with Gasteiger partial charge in [-0.3, -0.25) is 0 Å². The van der Waals surface area contributed by atoms with Gasteiger partial charge in [-0.1, -0.05) is 85.3 Å². The monoisotopic (exact) mass is 338 g/mol. The number of hydrogen-bond acceptors (Lipinski definition) is 0. The first-order valence-electron chi connectivity index (χ1n) is 10.1. The van der Waals surface area contributed by atoms with Gasteiger partial charge in [0, 0.05) is 0 Å². The molecule has 0 saturated heterocycles. The van der Waals surface area contributed by atoms with Crippen LogP contribution >= 0.6 is 0 Å².